The Balaban J connectivity index is 2.17. The van der Waals surface area contributed by atoms with E-state index in [0.717, 1.165) is 16.6 Å². The van der Waals surface area contributed by atoms with Crippen molar-refractivity contribution < 1.29 is 0 Å². The molecule has 1 aromatic heterocycles. The fourth-order valence-electron chi connectivity index (χ4n) is 1.90. The Kier molecular flexibility index (Phi) is 5.06. The van der Waals surface area contributed by atoms with Crippen LogP contribution in [0.2, 0.25) is 0 Å². The maximum atomic E-state index is 5.90. The van der Waals surface area contributed by atoms with Crippen molar-refractivity contribution in [2.45, 2.75) is 19.5 Å². The highest BCUT2D eigenvalue weighted by molar-refractivity contribution is 9.11. The summed E-state index contributed by atoms with van der Waals surface area (Å²) in [5.74, 6) is 0. The number of hydrogen-bond donors (Lipinski definition) is 1. The van der Waals surface area contributed by atoms with E-state index in [1.54, 1.807) is 11.3 Å². The first kappa shape index (κ1) is 15.0. The Morgan fingerprint density at radius 1 is 1.32 bits per heavy atom. The fraction of sp³-hybridized carbons (Fsp3) is 0.286. The second-order valence-electron chi connectivity index (χ2n) is 4.61. The third-order valence-corrected chi connectivity index (χ3v) is 5.14. The van der Waals surface area contributed by atoms with E-state index < -0.39 is 0 Å². The van der Waals surface area contributed by atoms with Gasteiger partial charge >= 0.3 is 0 Å². The molecule has 1 aromatic carbocycles. The first-order valence-electron chi connectivity index (χ1n) is 5.96. The number of hydrogen-bond acceptors (Lipinski definition) is 3. The summed E-state index contributed by atoms with van der Waals surface area (Å²) in [6, 6.07) is 8.52. The van der Waals surface area contributed by atoms with Gasteiger partial charge < -0.3 is 10.6 Å². The molecular formula is C14H16Br2N2S. The Bertz CT molecular complexity index is 566. The zero-order valence-electron chi connectivity index (χ0n) is 10.9. The Labute approximate surface area is 134 Å². The van der Waals surface area contributed by atoms with Gasteiger partial charge in [0.25, 0.3) is 0 Å². The maximum Gasteiger partial charge on any atom is 0.0701 e. The number of thiophene rings is 1. The Morgan fingerprint density at radius 2 is 2.05 bits per heavy atom. The molecule has 2 rings (SSSR count). The van der Waals surface area contributed by atoms with Gasteiger partial charge in [0.1, 0.15) is 0 Å². The van der Waals surface area contributed by atoms with Crippen molar-refractivity contribution in [2.24, 2.45) is 5.73 Å². The van der Waals surface area contributed by atoms with Crippen molar-refractivity contribution in [2.75, 3.05) is 11.9 Å². The first-order chi connectivity index (χ1) is 8.97. The molecule has 2 aromatic rings. The van der Waals surface area contributed by atoms with Crippen LogP contribution in [0.1, 0.15) is 24.1 Å². The van der Waals surface area contributed by atoms with Crippen molar-refractivity contribution in [3.63, 3.8) is 0 Å². The lowest BCUT2D eigenvalue weighted by Crippen LogP contribution is -2.16. The average Bonchev–Trinajstić information content (AvgIpc) is 2.74. The van der Waals surface area contributed by atoms with Crippen molar-refractivity contribution in [3.8, 4) is 0 Å². The molecule has 0 radical (unpaired) electrons. The van der Waals surface area contributed by atoms with Crippen molar-refractivity contribution in [1.82, 2.24) is 0 Å². The molecular weight excluding hydrogens is 388 g/mol. The number of nitrogens with zero attached hydrogens (tertiary/aromatic N) is 1. The molecule has 0 saturated carbocycles. The second-order valence-corrected chi connectivity index (χ2v) is 7.76. The third kappa shape index (κ3) is 3.81. The Hall–Kier alpha value is -0.360. The highest BCUT2D eigenvalue weighted by Gasteiger charge is 2.09. The number of anilines is 1. The molecule has 2 nitrogen and oxygen atoms in total. The lowest BCUT2D eigenvalue weighted by atomic mass is 10.1. The Morgan fingerprint density at radius 3 is 2.58 bits per heavy atom. The summed E-state index contributed by atoms with van der Waals surface area (Å²) in [6.07, 6.45) is 0. The minimum Gasteiger partial charge on any atom is -0.369 e. The minimum absolute atomic E-state index is 0.0588. The van der Waals surface area contributed by atoms with Crippen LogP contribution >= 0.6 is 43.2 Å². The van der Waals surface area contributed by atoms with Gasteiger partial charge in [-0.1, -0.05) is 6.07 Å². The van der Waals surface area contributed by atoms with E-state index in [4.69, 9.17) is 5.73 Å². The number of nitrogens with two attached hydrogens (primary N) is 1. The van der Waals surface area contributed by atoms with E-state index in [2.05, 4.69) is 73.5 Å². The maximum absolute atomic E-state index is 5.90. The van der Waals surface area contributed by atoms with Gasteiger partial charge in [0.05, 0.1) is 9.47 Å². The molecule has 1 unspecified atom stereocenters. The lowest BCUT2D eigenvalue weighted by molar-refractivity contribution is 0.816. The van der Waals surface area contributed by atoms with Crippen LogP contribution in [0.15, 0.2) is 37.9 Å². The van der Waals surface area contributed by atoms with Gasteiger partial charge in [0.15, 0.2) is 0 Å². The van der Waals surface area contributed by atoms with E-state index in [1.807, 2.05) is 6.92 Å². The molecule has 2 N–H and O–H groups in total. The van der Waals surface area contributed by atoms with E-state index in [9.17, 15) is 0 Å². The topological polar surface area (TPSA) is 29.3 Å². The normalized spacial score (nSPS) is 12.5. The predicted molar refractivity (Wildman–Crippen MR) is 90.9 cm³/mol. The van der Waals surface area contributed by atoms with Crippen molar-refractivity contribution in [3.05, 3.63) is 49.0 Å². The summed E-state index contributed by atoms with van der Waals surface area (Å²) >= 11 is 8.84. The summed E-state index contributed by atoms with van der Waals surface area (Å²) in [5, 5.41) is 2.17. The molecule has 5 heteroatoms. The molecule has 0 bridgehead atoms. The standard InChI is InChI=1S/C14H16Br2N2S/c1-9(17)11-3-4-13(12(15)6-11)18(2)7-10-5-14(16)19-8-10/h3-6,8-9H,7,17H2,1-2H3. The van der Waals surface area contributed by atoms with Crippen LogP contribution in [-0.2, 0) is 6.54 Å². The van der Waals surface area contributed by atoms with Gasteiger partial charge in [0, 0.05) is 24.1 Å². The van der Waals surface area contributed by atoms with E-state index in [-0.39, 0.29) is 6.04 Å². The van der Waals surface area contributed by atoms with Gasteiger partial charge in [-0.05, 0) is 73.5 Å². The molecule has 0 fully saturated rings. The van der Waals surface area contributed by atoms with Crippen molar-refractivity contribution >= 4 is 48.9 Å². The predicted octanol–water partition coefficient (Wildman–Crippen LogP) is 4.93. The minimum atomic E-state index is 0.0588. The summed E-state index contributed by atoms with van der Waals surface area (Å²) in [4.78, 5) is 2.23. The fourth-order valence-corrected chi connectivity index (χ4v) is 3.80. The second kappa shape index (κ2) is 6.39. The van der Waals surface area contributed by atoms with E-state index in [1.165, 1.54) is 15.0 Å². The molecule has 19 heavy (non-hydrogen) atoms. The highest BCUT2D eigenvalue weighted by Crippen LogP contribution is 2.30. The largest absolute Gasteiger partial charge is 0.369 e. The van der Waals surface area contributed by atoms with Gasteiger partial charge in [0.2, 0.25) is 0 Å². The molecule has 0 spiro atoms. The van der Waals surface area contributed by atoms with E-state index in [0.29, 0.717) is 0 Å². The van der Waals surface area contributed by atoms with Crippen LogP contribution in [0.3, 0.4) is 0 Å². The number of rotatable bonds is 4. The zero-order chi connectivity index (χ0) is 14.0. The zero-order valence-corrected chi connectivity index (χ0v) is 14.8. The molecule has 0 aliphatic rings. The van der Waals surface area contributed by atoms with Crippen LogP contribution in [0.25, 0.3) is 0 Å². The van der Waals surface area contributed by atoms with E-state index >= 15 is 0 Å². The lowest BCUT2D eigenvalue weighted by Gasteiger charge is -2.21. The molecule has 1 heterocycles. The summed E-state index contributed by atoms with van der Waals surface area (Å²) in [7, 11) is 2.09. The van der Waals surface area contributed by atoms with Gasteiger partial charge in [-0.2, -0.15) is 0 Å². The van der Waals surface area contributed by atoms with Crippen LogP contribution < -0.4 is 10.6 Å². The highest BCUT2D eigenvalue weighted by atomic mass is 79.9. The quantitative estimate of drug-likeness (QED) is 0.783. The summed E-state index contributed by atoms with van der Waals surface area (Å²) in [5.41, 5.74) is 9.52. The molecule has 0 saturated heterocycles. The molecule has 1 atom stereocenters. The molecule has 0 aliphatic heterocycles. The molecule has 0 amide bonds. The van der Waals surface area contributed by atoms with Crippen LogP contribution in [-0.4, -0.2) is 7.05 Å². The summed E-state index contributed by atoms with van der Waals surface area (Å²) in [6.45, 7) is 2.88. The average molecular weight is 404 g/mol. The van der Waals surface area contributed by atoms with Gasteiger partial charge in [-0.15, -0.1) is 11.3 Å². The molecule has 0 aliphatic carbocycles. The van der Waals surface area contributed by atoms with Crippen molar-refractivity contribution in [1.29, 1.82) is 0 Å². The van der Waals surface area contributed by atoms with Crippen LogP contribution in [0.4, 0.5) is 5.69 Å². The van der Waals surface area contributed by atoms with Gasteiger partial charge in [-0.25, -0.2) is 0 Å². The number of benzene rings is 1. The number of halogens is 2. The molecule has 102 valence electrons. The smallest absolute Gasteiger partial charge is 0.0701 e. The SMILES string of the molecule is CC(N)c1ccc(N(C)Cc2csc(Br)c2)c(Br)c1. The van der Waals surface area contributed by atoms with Gasteiger partial charge in [-0.3, -0.25) is 0 Å². The third-order valence-electron chi connectivity index (χ3n) is 2.95. The van der Waals surface area contributed by atoms with Crippen LogP contribution in [0, 0.1) is 0 Å². The first-order valence-corrected chi connectivity index (χ1v) is 8.43. The monoisotopic (exact) mass is 402 g/mol. The summed E-state index contributed by atoms with van der Waals surface area (Å²) < 4.78 is 2.25. The van der Waals surface area contributed by atoms with Crippen LogP contribution in [0.5, 0.6) is 0 Å².